The second-order valence-electron chi connectivity index (χ2n) is 8.23. The van der Waals surface area contributed by atoms with Crippen molar-refractivity contribution in [1.82, 2.24) is 15.3 Å². The van der Waals surface area contributed by atoms with Crippen LogP contribution in [-0.4, -0.2) is 15.9 Å². The van der Waals surface area contributed by atoms with Crippen molar-refractivity contribution >= 4 is 35.2 Å². The Kier molecular flexibility index (Phi) is 5.94. The smallest absolute Gasteiger partial charge is 0.223 e. The normalized spacial score (nSPS) is 18.5. The van der Waals surface area contributed by atoms with Gasteiger partial charge >= 0.3 is 0 Å². The molecule has 3 aromatic rings. The zero-order chi connectivity index (χ0) is 22.1. The van der Waals surface area contributed by atoms with Gasteiger partial charge in [0.1, 0.15) is 11.7 Å². The van der Waals surface area contributed by atoms with Crippen LogP contribution < -0.4 is 15.9 Å². The van der Waals surface area contributed by atoms with E-state index in [0.717, 1.165) is 41.8 Å². The maximum atomic E-state index is 12.9. The van der Waals surface area contributed by atoms with E-state index in [4.69, 9.17) is 28.2 Å². The van der Waals surface area contributed by atoms with Gasteiger partial charge < -0.3 is 5.32 Å². The molecule has 1 N–H and O–H groups in total. The van der Waals surface area contributed by atoms with E-state index >= 15 is 0 Å². The molecule has 2 unspecified atom stereocenters. The number of nitrogens with one attached hydrogen (secondary N) is 1. The Labute approximate surface area is 196 Å². The number of fused-ring (bicyclic) bond motifs is 1. The van der Waals surface area contributed by atoms with E-state index < -0.39 is 6.04 Å². The molecule has 2 aromatic carbocycles. The summed E-state index contributed by atoms with van der Waals surface area (Å²) in [6.07, 6.45) is 8.93. The molecule has 5 rings (SSSR count). The summed E-state index contributed by atoms with van der Waals surface area (Å²) in [6.45, 7) is 0. The van der Waals surface area contributed by atoms with Gasteiger partial charge in [-0.1, -0.05) is 66.0 Å². The van der Waals surface area contributed by atoms with Crippen LogP contribution in [0.1, 0.15) is 54.6 Å². The fourth-order valence-corrected chi connectivity index (χ4v) is 4.68. The van der Waals surface area contributed by atoms with Crippen LogP contribution in [0.15, 0.2) is 59.9 Å². The first-order valence-corrected chi connectivity index (χ1v) is 11.5. The molecule has 162 valence electrons. The SMILES string of the molecule is O=C(NC(c1cc2c(cc1Cl)=CCC(c1ccccc1)N=2)c1nccnc1Cl)C1CCC1. The predicted molar refractivity (Wildman–Crippen MR) is 125 cm³/mol. The van der Waals surface area contributed by atoms with E-state index in [2.05, 4.69) is 33.5 Å². The first kappa shape index (κ1) is 21.1. The number of halogens is 2. The van der Waals surface area contributed by atoms with Gasteiger partial charge in [-0.25, -0.2) is 4.98 Å². The summed E-state index contributed by atoms with van der Waals surface area (Å²) < 4.78 is 0. The molecule has 1 fully saturated rings. The minimum Gasteiger partial charge on any atom is -0.343 e. The Morgan fingerprint density at radius 2 is 1.84 bits per heavy atom. The molecule has 1 aromatic heterocycles. The van der Waals surface area contributed by atoms with Gasteiger partial charge in [-0.05, 0) is 42.2 Å². The van der Waals surface area contributed by atoms with Gasteiger partial charge in [0.15, 0.2) is 5.15 Å². The van der Waals surface area contributed by atoms with E-state index in [-0.39, 0.29) is 23.0 Å². The molecule has 2 heterocycles. The highest BCUT2D eigenvalue weighted by Gasteiger charge is 2.30. The van der Waals surface area contributed by atoms with Gasteiger partial charge in [-0.3, -0.25) is 14.8 Å². The molecule has 5 nitrogen and oxygen atoms in total. The first-order chi connectivity index (χ1) is 15.6. The predicted octanol–water partition coefficient (Wildman–Crippen LogP) is 4.33. The largest absolute Gasteiger partial charge is 0.343 e. The third-order valence-electron chi connectivity index (χ3n) is 6.21. The Hall–Kier alpha value is -2.76. The Morgan fingerprint density at radius 1 is 1.06 bits per heavy atom. The number of rotatable bonds is 5. The van der Waals surface area contributed by atoms with Crippen LogP contribution in [0.3, 0.4) is 0 Å². The van der Waals surface area contributed by atoms with Crippen LogP contribution in [0.2, 0.25) is 10.2 Å². The number of aromatic nitrogens is 2. The van der Waals surface area contributed by atoms with Crippen molar-refractivity contribution in [2.75, 3.05) is 0 Å². The third kappa shape index (κ3) is 4.15. The zero-order valence-corrected chi connectivity index (χ0v) is 18.9. The van der Waals surface area contributed by atoms with Crippen molar-refractivity contribution in [3.63, 3.8) is 0 Å². The molecule has 1 aliphatic carbocycles. The maximum Gasteiger partial charge on any atom is 0.223 e. The van der Waals surface area contributed by atoms with Crippen LogP contribution in [0.25, 0.3) is 6.08 Å². The molecule has 1 saturated carbocycles. The second-order valence-corrected chi connectivity index (χ2v) is 8.99. The monoisotopic (exact) mass is 464 g/mol. The summed E-state index contributed by atoms with van der Waals surface area (Å²) in [5.41, 5.74) is 2.35. The number of carbonyl (C=O) groups is 1. The summed E-state index contributed by atoms with van der Waals surface area (Å²) >= 11 is 13.1. The lowest BCUT2D eigenvalue weighted by atomic mass is 9.84. The molecule has 0 radical (unpaired) electrons. The zero-order valence-electron chi connectivity index (χ0n) is 17.3. The number of hydrogen-bond acceptors (Lipinski definition) is 4. The van der Waals surface area contributed by atoms with Crippen molar-refractivity contribution in [1.29, 1.82) is 0 Å². The Balaban J connectivity index is 1.59. The third-order valence-corrected chi connectivity index (χ3v) is 6.83. The average Bonchev–Trinajstić information content (AvgIpc) is 2.77. The molecule has 1 aliphatic heterocycles. The number of hydrogen-bond donors (Lipinski definition) is 1. The second kappa shape index (κ2) is 9.00. The van der Waals surface area contributed by atoms with Crippen LogP contribution in [0, 0.1) is 5.92 Å². The highest BCUT2D eigenvalue weighted by Crippen LogP contribution is 2.32. The van der Waals surface area contributed by atoms with E-state index in [1.54, 1.807) is 6.20 Å². The number of amides is 1. The summed E-state index contributed by atoms with van der Waals surface area (Å²) in [6, 6.07) is 13.5. The minimum atomic E-state index is -0.602. The lowest BCUT2D eigenvalue weighted by molar-refractivity contribution is -0.127. The summed E-state index contributed by atoms with van der Waals surface area (Å²) in [5, 5.41) is 5.72. The molecular weight excluding hydrogens is 443 g/mol. The van der Waals surface area contributed by atoms with Gasteiger partial charge in [-0.15, -0.1) is 0 Å². The van der Waals surface area contributed by atoms with Crippen LogP contribution in [-0.2, 0) is 4.79 Å². The summed E-state index contributed by atoms with van der Waals surface area (Å²) in [4.78, 5) is 26.4. The Morgan fingerprint density at radius 3 is 2.56 bits per heavy atom. The average molecular weight is 465 g/mol. The van der Waals surface area contributed by atoms with Gasteiger partial charge in [0.05, 0.1) is 11.4 Å². The van der Waals surface area contributed by atoms with Crippen molar-refractivity contribution in [2.24, 2.45) is 10.9 Å². The molecule has 0 saturated heterocycles. The van der Waals surface area contributed by atoms with Crippen molar-refractivity contribution in [2.45, 2.75) is 37.8 Å². The first-order valence-electron chi connectivity index (χ1n) is 10.8. The highest BCUT2D eigenvalue weighted by molar-refractivity contribution is 6.31. The lowest BCUT2D eigenvalue weighted by Gasteiger charge is -2.28. The highest BCUT2D eigenvalue weighted by atomic mass is 35.5. The van der Waals surface area contributed by atoms with E-state index in [9.17, 15) is 4.79 Å². The fraction of sp³-hybridized carbons (Fsp3) is 0.280. The van der Waals surface area contributed by atoms with E-state index in [0.29, 0.717) is 16.3 Å². The molecule has 0 spiro atoms. The van der Waals surface area contributed by atoms with Gasteiger partial charge in [0.2, 0.25) is 5.91 Å². The van der Waals surface area contributed by atoms with Crippen LogP contribution in [0.4, 0.5) is 0 Å². The Bertz CT molecular complexity index is 1270. The lowest BCUT2D eigenvalue weighted by Crippen LogP contribution is -2.39. The van der Waals surface area contributed by atoms with Gasteiger partial charge in [0.25, 0.3) is 0 Å². The quantitative estimate of drug-likeness (QED) is 0.610. The van der Waals surface area contributed by atoms with Gasteiger partial charge in [0, 0.05) is 28.9 Å². The summed E-state index contributed by atoms with van der Waals surface area (Å²) in [5.74, 6) is 0.00671. The van der Waals surface area contributed by atoms with Crippen molar-refractivity contribution in [3.05, 3.63) is 92.4 Å². The molecule has 2 atom stereocenters. The molecule has 0 bridgehead atoms. The van der Waals surface area contributed by atoms with Crippen molar-refractivity contribution < 1.29 is 4.79 Å². The number of benzene rings is 2. The molecular formula is C25H22Cl2N4O. The maximum absolute atomic E-state index is 12.9. The molecule has 32 heavy (non-hydrogen) atoms. The minimum absolute atomic E-state index is 0.0116. The number of carbonyl (C=O) groups excluding carboxylic acids is 1. The number of nitrogens with zero attached hydrogens (tertiary/aromatic N) is 3. The molecule has 2 aliphatic rings. The van der Waals surface area contributed by atoms with Crippen LogP contribution >= 0.6 is 23.2 Å². The molecule has 7 heteroatoms. The van der Waals surface area contributed by atoms with E-state index in [1.165, 1.54) is 6.20 Å². The fourth-order valence-electron chi connectivity index (χ4n) is 4.18. The van der Waals surface area contributed by atoms with Crippen molar-refractivity contribution in [3.8, 4) is 0 Å². The summed E-state index contributed by atoms with van der Waals surface area (Å²) in [7, 11) is 0. The van der Waals surface area contributed by atoms with E-state index in [1.807, 2.05) is 30.3 Å². The van der Waals surface area contributed by atoms with Gasteiger partial charge in [-0.2, -0.15) is 0 Å². The molecule has 1 amide bonds. The standard InChI is InChI=1S/C25H22Cl2N4O/c26-19-13-17-9-10-20(15-5-2-1-3-6-15)30-21(17)14-18(19)22(23-24(27)29-12-11-28-23)31-25(32)16-7-4-8-16/h1-3,5-6,9,11-14,16,20,22H,4,7-8,10H2,(H,31,32). The van der Waals surface area contributed by atoms with Crippen LogP contribution in [0.5, 0.6) is 0 Å². The topological polar surface area (TPSA) is 67.2 Å².